The Labute approximate surface area is 143 Å². The van der Waals surface area contributed by atoms with Crippen LogP contribution in [0.1, 0.15) is 50.5 Å². The van der Waals surface area contributed by atoms with Crippen molar-refractivity contribution in [2.45, 2.75) is 62.9 Å². The SMILES string of the molecule is Cc1ccc(S(=O)(=O)NC(=O)O[C@@H]2CC[C@H]3CCCC[C@@H]3C2)cc1. The molecule has 0 saturated heterocycles. The fourth-order valence-corrected chi connectivity index (χ4v) is 4.88. The van der Waals surface area contributed by atoms with Gasteiger partial charge in [0.2, 0.25) is 0 Å². The molecule has 0 unspecified atom stereocenters. The lowest BCUT2D eigenvalue weighted by atomic mass is 9.70. The maximum atomic E-state index is 12.2. The number of benzene rings is 1. The lowest BCUT2D eigenvalue weighted by Gasteiger charge is -2.38. The van der Waals surface area contributed by atoms with Gasteiger partial charge in [0.25, 0.3) is 10.0 Å². The minimum absolute atomic E-state index is 0.0704. The van der Waals surface area contributed by atoms with Gasteiger partial charge in [0, 0.05) is 0 Å². The number of sulfonamides is 1. The number of hydrogen-bond donors (Lipinski definition) is 1. The molecule has 24 heavy (non-hydrogen) atoms. The average Bonchev–Trinajstić information content (AvgIpc) is 2.54. The average molecular weight is 351 g/mol. The van der Waals surface area contributed by atoms with Crippen molar-refractivity contribution in [2.24, 2.45) is 11.8 Å². The zero-order valence-corrected chi connectivity index (χ0v) is 14.8. The highest BCUT2D eigenvalue weighted by molar-refractivity contribution is 7.90. The van der Waals surface area contributed by atoms with Crippen LogP contribution in [-0.4, -0.2) is 20.6 Å². The second kappa shape index (κ2) is 7.13. The van der Waals surface area contributed by atoms with Gasteiger partial charge in [-0.2, -0.15) is 0 Å². The summed E-state index contributed by atoms with van der Waals surface area (Å²) in [5.74, 6) is 1.39. The van der Waals surface area contributed by atoms with E-state index in [0.29, 0.717) is 5.92 Å². The molecular weight excluding hydrogens is 326 g/mol. The predicted molar refractivity (Wildman–Crippen MR) is 91.1 cm³/mol. The molecule has 5 nitrogen and oxygen atoms in total. The molecule has 0 heterocycles. The second-order valence-corrected chi connectivity index (χ2v) is 8.75. The fraction of sp³-hybridized carbons (Fsp3) is 0.611. The van der Waals surface area contributed by atoms with E-state index in [1.165, 1.54) is 37.8 Å². The summed E-state index contributed by atoms with van der Waals surface area (Å²) in [7, 11) is -3.87. The van der Waals surface area contributed by atoms with Gasteiger partial charge in [0.1, 0.15) is 6.10 Å². The standard InChI is InChI=1S/C18H25NO4S/c1-13-6-10-17(11-7-13)24(21,22)19-18(20)23-16-9-8-14-4-2-3-5-15(14)12-16/h6-7,10-11,14-16H,2-5,8-9,12H2,1H3,(H,19,20)/t14-,15-,16-/m1/s1. The van der Waals surface area contributed by atoms with Crippen LogP contribution in [-0.2, 0) is 14.8 Å². The van der Waals surface area contributed by atoms with E-state index < -0.39 is 16.1 Å². The number of ether oxygens (including phenoxy) is 1. The Kier molecular flexibility index (Phi) is 5.13. The van der Waals surface area contributed by atoms with Crippen molar-refractivity contribution in [3.05, 3.63) is 29.8 Å². The number of hydrogen-bond acceptors (Lipinski definition) is 4. The Balaban J connectivity index is 1.56. The number of rotatable bonds is 3. The largest absolute Gasteiger partial charge is 0.446 e. The fourth-order valence-electron chi connectivity index (χ4n) is 4.00. The van der Waals surface area contributed by atoms with Crippen LogP contribution < -0.4 is 4.72 Å². The van der Waals surface area contributed by atoms with Crippen LogP contribution >= 0.6 is 0 Å². The molecule has 0 bridgehead atoms. The number of amides is 1. The van der Waals surface area contributed by atoms with Crippen molar-refractivity contribution in [3.8, 4) is 0 Å². The molecule has 1 amide bonds. The summed E-state index contributed by atoms with van der Waals surface area (Å²) in [4.78, 5) is 12.1. The molecule has 2 saturated carbocycles. The molecular formula is C18H25NO4S. The summed E-state index contributed by atoms with van der Waals surface area (Å²) >= 11 is 0. The first-order valence-corrected chi connectivity index (χ1v) is 10.2. The molecule has 1 N–H and O–H groups in total. The first-order valence-electron chi connectivity index (χ1n) is 8.74. The minimum Gasteiger partial charge on any atom is -0.446 e. The Hall–Kier alpha value is -1.56. The predicted octanol–water partition coefficient (Wildman–Crippen LogP) is 3.77. The van der Waals surface area contributed by atoms with Crippen LogP contribution in [0.5, 0.6) is 0 Å². The Morgan fingerprint density at radius 1 is 1.04 bits per heavy atom. The van der Waals surface area contributed by atoms with Crippen LogP contribution in [0.3, 0.4) is 0 Å². The lowest BCUT2D eigenvalue weighted by molar-refractivity contribution is 0.0301. The molecule has 1 aromatic rings. The lowest BCUT2D eigenvalue weighted by Crippen LogP contribution is -2.37. The van der Waals surface area contributed by atoms with Gasteiger partial charge in [-0.25, -0.2) is 17.9 Å². The first-order chi connectivity index (χ1) is 11.4. The maximum absolute atomic E-state index is 12.2. The molecule has 3 atom stereocenters. The third-order valence-corrected chi connectivity index (χ3v) is 6.64. The molecule has 132 valence electrons. The molecule has 0 aromatic heterocycles. The number of carbonyl (C=O) groups is 1. The van der Waals surface area contributed by atoms with Crippen LogP contribution in [0.15, 0.2) is 29.2 Å². The van der Waals surface area contributed by atoms with E-state index in [4.69, 9.17) is 4.74 Å². The van der Waals surface area contributed by atoms with E-state index in [0.717, 1.165) is 30.7 Å². The van der Waals surface area contributed by atoms with Crippen molar-refractivity contribution < 1.29 is 17.9 Å². The summed E-state index contributed by atoms with van der Waals surface area (Å²) in [6.45, 7) is 1.87. The van der Waals surface area contributed by atoms with E-state index in [-0.39, 0.29) is 11.0 Å². The van der Waals surface area contributed by atoms with Crippen LogP contribution in [0, 0.1) is 18.8 Å². The molecule has 0 radical (unpaired) electrons. The Morgan fingerprint density at radius 3 is 2.42 bits per heavy atom. The van der Waals surface area contributed by atoms with E-state index in [1.54, 1.807) is 12.1 Å². The number of nitrogens with one attached hydrogen (secondary N) is 1. The first kappa shape index (κ1) is 17.3. The zero-order chi connectivity index (χ0) is 17.2. The van der Waals surface area contributed by atoms with Crippen molar-refractivity contribution in [2.75, 3.05) is 0 Å². The molecule has 3 rings (SSSR count). The zero-order valence-electron chi connectivity index (χ0n) is 14.0. The summed E-state index contributed by atoms with van der Waals surface area (Å²) in [5, 5.41) is 0. The molecule has 2 aliphatic rings. The molecule has 2 fully saturated rings. The minimum atomic E-state index is -3.87. The van der Waals surface area contributed by atoms with Gasteiger partial charge >= 0.3 is 6.09 Å². The van der Waals surface area contributed by atoms with Gasteiger partial charge in [-0.15, -0.1) is 0 Å². The van der Waals surface area contributed by atoms with Crippen molar-refractivity contribution in [1.29, 1.82) is 0 Å². The van der Waals surface area contributed by atoms with Crippen molar-refractivity contribution in [1.82, 2.24) is 4.72 Å². The summed E-state index contributed by atoms with van der Waals surface area (Å²) in [6.07, 6.45) is 6.78. The van der Waals surface area contributed by atoms with Gasteiger partial charge < -0.3 is 4.74 Å². The van der Waals surface area contributed by atoms with Crippen molar-refractivity contribution in [3.63, 3.8) is 0 Å². The highest BCUT2D eigenvalue weighted by atomic mass is 32.2. The van der Waals surface area contributed by atoms with E-state index in [2.05, 4.69) is 0 Å². The van der Waals surface area contributed by atoms with Crippen LogP contribution in [0.25, 0.3) is 0 Å². The number of carbonyl (C=O) groups excluding carboxylic acids is 1. The Bertz CT molecular complexity index is 683. The molecule has 1 aromatic carbocycles. The van der Waals surface area contributed by atoms with Gasteiger partial charge in [-0.1, -0.05) is 43.4 Å². The normalized spacial score (nSPS) is 27.1. The van der Waals surface area contributed by atoms with E-state index >= 15 is 0 Å². The quantitative estimate of drug-likeness (QED) is 0.900. The third kappa shape index (κ3) is 4.09. The smallest absolute Gasteiger partial charge is 0.421 e. The Morgan fingerprint density at radius 2 is 1.71 bits per heavy atom. The third-order valence-electron chi connectivity index (χ3n) is 5.31. The van der Waals surface area contributed by atoms with Gasteiger partial charge in [-0.05, 0) is 50.2 Å². The topological polar surface area (TPSA) is 72.5 Å². The van der Waals surface area contributed by atoms with E-state index in [9.17, 15) is 13.2 Å². The van der Waals surface area contributed by atoms with E-state index in [1.807, 2.05) is 11.6 Å². The summed E-state index contributed by atoms with van der Waals surface area (Å²) in [6, 6.07) is 6.37. The number of fused-ring (bicyclic) bond motifs is 1. The molecule has 2 aliphatic carbocycles. The van der Waals surface area contributed by atoms with Crippen molar-refractivity contribution >= 4 is 16.1 Å². The van der Waals surface area contributed by atoms with Crippen LogP contribution in [0.4, 0.5) is 4.79 Å². The van der Waals surface area contributed by atoms with Gasteiger partial charge in [0.05, 0.1) is 4.90 Å². The summed E-state index contributed by atoms with van der Waals surface area (Å²) in [5.41, 5.74) is 0.959. The second-order valence-electron chi connectivity index (χ2n) is 7.06. The van der Waals surface area contributed by atoms with Crippen LogP contribution in [0.2, 0.25) is 0 Å². The number of aryl methyl sites for hydroxylation is 1. The highest BCUT2D eigenvalue weighted by Gasteiger charge is 2.34. The van der Waals surface area contributed by atoms with Gasteiger partial charge in [0.15, 0.2) is 0 Å². The molecule has 0 spiro atoms. The summed E-state index contributed by atoms with van der Waals surface area (Å²) < 4.78 is 31.8. The monoisotopic (exact) mass is 351 g/mol. The molecule has 6 heteroatoms. The highest BCUT2D eigenvalue weighted by Crippen LogP contribution is 2.41. The van der Waals surface area contributed by atoms with Gasteiger partial charge in [-0.3, -0.25) is 0 Å². The maximum Gasteiger partial charge on any atom is 0.421 e. The molecule has 0 aliphatic heterocycles.